The molecule has 6 nitrogen and oxygen atoms in total. The van der Waals surface area contributed by atoms with Crippen LogP contribution in [0.2, 0.25) is 0 Å². The molecule has 0 spiro atoms. The van der Waals surface area contributed by atoms with Crippen LogP contribution in [0.15, 0.2) is 385 Å². The van der Waals surface area contributed by atoms with Gasteiger partial charge in [0.2, 0.25) is 0 Å². The zero-order valence-electron chi connectivity index (χ0n) is 57.6. The van der Waals surface area contributed by atoms with E-state index in [1.165, 1.54) is 87.7 Å². The summed E-state index contributed by atoms with van der Waals surface area (Å²) in [6.07, 6.45) is 0. The van der Waals surface area contributed by atoms with Crippen molar-refractivity contribution in [2.45, 2.75) is 0 Å². The molecule has 504 valence electrons. The van der Waals surface area contributed by atoms with Gasteiger partial charge in [0.15, 0.2) is 0 Å². The number of nitrogens with zero attached hydrogens (tertiary/aromatic N) is 4. The van der Waals surface area contributed by atoms with Crippen LogP contribution < -0.4 is 19.6 Å². The lowest BCUT2D eigenvalue weighted by Crippen LogP contribution is -2.10. The van der Waals surface area contributed by atoms with Gasteiger partial charge in [0.05, 0.1) is 11.4 Å². The molecule has 0 atom stereocenters. The topological polar surface area (TPSA) is 39.2 Å². The van der Waals surface area contributed by atoms with Gasteiger partial charge in [-0.25, -0.2) is 0 Å². The summed E-state index contributed by atoms with van der Waals surface area (Å²) < 4.78 is 20.2. The van der Waals surface area contributed by atoms with Crippen molar-refractivity contribution >= 4 is 228 Å². The Hall–Kier alpha value is -13.3. The zero-order valence-corrected chi connectivity index (χ0v) is 60.1. The molecule has 0 N–H and O–H groups in total. The number of anilines is 12. The first-order valence-corrected chi connectivity index (χ1v) is 38.5. The molecular formula is C98H62N4O2S3. The van der Waals surface area contributed by atoms with Crippen molar-refractivity contribution in [2.24, 2.45) is 0 Å². The normalized spacial score (nSPS) is 11.7. The number of para-hydroxylation sites is 7. The van der Waals surface area contributed by atoms with E-state index in [1.807, 2.05) is 58.3 Å². The van der Waals surface area contributed by atoms with Crippen LogP contribution in [0, 0.1) is 0 Å². The van der Waals surface area contributed by atoms with Gasteiger partial charge in [0.1, 0.15) is 22.3 Å². The minimum absolute atomic E-state index is 0.885. The predicted octanol–water partition coefficient (Wildman–Crippen LogP) is 30.5. The fourth-order valence-corrected chi connectivity index (χ4v) is 19.4. The zero-order chi connectivity index (χ0) is 70.5. The number of hydrogen-bond acceptors (Lipinski definition) is 9. The molecule has 0 unspecified atom stereocenters. The molecule has 5 heterocycles. The summed E-state index contributed by atoms with van der Waals surface area (Å²) in [5.74, 6) is 0. The van der Waals surface area contributed by atoms with E-state index < -0.39 is 0 Å². The summed E-state index contributed by atoms with van der Waals surface area (Å²) in [7, 11) is 0. The maximum absolute atomic E-state index is 6.25. The van der Waals surface area contributed by atoms with Gasteiger partial charge in [-0.2, -0.15) is 0 Å². The van der Waals surface area contributed by atoms with Crippen LogP contribution in [0.3, 0.4) is 0 Å². The van der Waals surface area contributed by atoms with Crippen LogP contribution in [0.5, 0.6) is 0 Å². The van der Waals surface area contributed by atoms with Gasteiger partial charge in [0.25, 0.3) is 0 Å². The van der Waals surface area contributed by atoms with E-state index in [9.17, 15) is 0 Å². The van der Waals surface area contributed by atoms with Crippen molar-refractivity contribution in [1.82, 2.24) is 0 Å². The molecule has 0 bridgehead atoms. The van der Waals surface area contributed by atoms with Gasteiger partial charge < -0.3 is 28.4 Å². The maximum Gasteiger partial charge on any atom is 0.135 e. The van der Waals surface area contributed by atoms with Gasteiger partial charge in [-0.15, -0.1) is 34.0 Å². The maximum atomic E-state index is 6.25. The van der Waals surface area contributed by atoms with Crippen LogP contribution in [0.1, 0.15) is 0 Å². The second-order valence-electron chi connectivity index (χ2n) is 27.0. The van der Waals surface area contributed by atoms with Crippen LogP contribution in [0.25, 0.3) is 126 Å². The van der Waals surface area contributed by atoms with Crippen molar-refractivity contribution in [2.75, 3.05) is 19.6 Å². The second-order valence-corrected chi connectivity index (χ2v) is 30.3. The van der Waals surface area contributed by atoms with Crippen molar-refractivity contribution in [3.8, 4) is 0 Å². The molecule has 5 aromatic heterocycles. The highest BCUT2D eigenvalue weighted by molar-refractivity contribution is 7.26. The lowest BCUT2D eigenvalue weighted by Gasteiger charge is -2.27. The number of thiophene rings is 3. The van der Waals surface area contributed by atoms with Crippen LogP contribution in [0.4, 0.5) is 68.2 Å². The lowest BCUT2D eigenvalue weighted by molar-refractivity contribution is 0.668. The quantitative estimate of drug-likeness (QED) is 0.121. The first kappa shape index (κ1) is 62.3. The molecule has 0 fully saturated rings. The van der Waals surface area contributed by atoms with E-state index in [0.29, 0.717) is 0 Å². The van der Waals surface area contributed by atoms with Gasteiger partial charge in [-0.05, 0) is 193 Å². The monoisotopic (exact) mass is 1420 g/mol. The molecule has 22 rings (SSSR count). The van der Waals surface area contributed by atoms with E-state index in [0.717, 1.165) is 106 Å². The summed E-state index contributed by atoms with van der Waals surface area (Å²) in [5.41, 5.74) is 17.0. The van der Waals surface area contributed by atoms with Crippen LogP contribution in [-0.4, -0.2) is 0 Å². The van der Waals surface area contributed by atoms with Gasteiger partial charge >= 0.3 is 0 Å². The molecule has 0 aliphatic rings. The predicted molar refractivity (Wildman–Crippen MR) is 460 cm³/mol. The fraction of sp³-hybridized carbons (Fsp3) is 0. The Bertz CT molecular complexity index is 7130. The van der Waals surface area contributed by atoms with Gasteiger partial charge in [0, 0.05) is 150 Å². The molecule has 0 amide bonds. The molecule has 0 saturated heterocycles. The third-order valence-corrected chi connectivity index (χ3v) is 24.2. The number of fused-ring (bicyclic) bond motifs is 19. The van der Waals surface area contributed by atoms with E-state index in [1.54, 1.807) is 0 Å². The molecule has 22 aromatic rings. The Morgan fingerprint density at radius 1 is 0.159 bits per heavy atom. The number of benzene rings is 17. The van der Waals surface area contributed by atoms with E-state index in [4.69, 9.17) is 8.83 Å². The molecular weight excluding hydrogens is 1360 g/mol. The standard InChI is InChI=1S/C52H32N2O2S.C46H30N2S2/c1-3-13-33(14-4-1)53(35-23-26-48-42(29-35)39-18-9-11-21-46(39)55-48)36-25-28-50-44(31-36)52-41-20-8-7-17-38(41)45(32-51(52)57-50)54(34-15-5-2-6-16-34)37-24-27-49-43(30-37)40-19-10-12-22-47(40)56-49;1-4-14-31(15-5-1)47(32-16-6-2-7-17-32)34-24-27-44-40(29-34)46-38-22-11-10-20-36(38)41(30-45(46)50-44)48(33-18-8-3-9-19-33)35-25-26-43-39(28-35)37-21-12-13-23-42(37)49-43/h1-32H;1-30H. The summed E-state index contributed by atoms with van der Waals surface area (Å²) in [6, 6.07) is 135. The highest BCUT2D eigenvalue weighted by Gasteiger charge is 2.26. The molecule has 107 heavy (non-hydrogen) atoms. The van der Waals surface area contributed by atoms with Gasteiger partial charge in [-0.1, -0.05) is 194 Å². The minimum Gasteiger partial charge on any atom is -0.456 e. The fourth-order valence-electron chi connectivity index (χ4n) is 16.1. The molecule has 17 aromatic carbocycles. The molecule has 0 radical (unpaired) electrons. The summed E-state index contributed by atoms with van der Waals surface area (Å²) in [5, 5.41) is 17.0. The third-order valence-electron chi connectivity index (χ3n) is 20.8. The van der Waals surface area contributed by atoms with E-state index in [2.05, 4.69) is 371 Å². The van der Waals surface area contributed by atoms with E-state index >= 15 is 0 Å². The molecule has 0 saturated carbocycles. The number of hydrogen-bond donors (Lipinski definition) is 0. The van der Waals surface area contributed by atoms with Crippen molar-refractivity contribution in [3.05, 3.63) is 376 Å². The van der Waals surface area contributed by atoms with Crippen molar-refractivity contribution in [1.29, 1.82) is 0 Å². The van der Waals surface area contributed by atoms with Crippen LogP contribution >= 0.6 is 34.0 Å². The van der Waals surface area contributed by atoms with Crippen molar-refractivity contribution in [3.63, 3.8) is 0 Å². The summed E-state index contributed by atoms with van der Waals surface area (Å²) in [4.78, 5) is 9.54. The average molecular weight is 1420 g/mol. The average Bonchev–Trinajstić information content (AvgIpc) is 1.65. The Kier molecular flexibility index (Phi) is 15.0. The number of rotatable bonds is 12. The first-order chi connectivity index (χ1) is 53.0. The Balaban J connectivity index is 0.000000138. The first-order valence-electron chi connectivity index (χ1n) is 36.0. The minimum atomic E-state index is 0.885. The third kappa shape index (κ3) is 10.7. The summed E-state index contributed by atoms with van der Waals surface area (Å²) >= 11 is 5.58. The van der Waals surface area contributed by atoms with E-state index in [-0.39, 0.29) is 0 Å². The van der Waals surface area contributed by atoms with Gasteiger partial charge in [-0.3, -0.25) is 0 Å². The smallest absolute Gasteiger partial charge is 0.135 e. The van der Waals surface area contributed by atoms with Crippen LogP contribution in [-0.2, 0) is 0 Å². The largest absolute Gasteiger partial charge is 0.456 e. The number of furan rings is 2. The highest BCUT2D eigenvalue weighted by Crippen LogP contribution is 2.52. The lowest BCUT2D eigenvalue weighted by atomic mass is 10.00. The Morgan fingerprint density at radius 3 is 0.850 bits per heavy atom. The Labute approximate surface area is 628 Å². The SMILES string of the molecule is c1ccc(N(c2ccc3oc4ccccc4c3c2)c2ccc3sc4cc(N(c5ccccc5)c5ccc6oc7ccccc7c6c5)c5ccccc5c4c3c2)cc1.c1ccc(N(c2ccccc2)c2ccc3sc4cc(N(c5ccccc5)c5ccc6sc7ccccc7c6c5)c5ccccc5c4c3c2)cc1. The molecule has 9 heteroatoms. The molecule has 0 aliphatic heterocycles. The highest BCUT2D eigenvalue weighted by atomic mass is 32.1. The Morgan fingerprint density at radius 2 is 0.430 bits per heavy atom. The summed E-state index contributed by atoms with van der Waals surface area (Å²) in [6.45, 7) is 0. The second kappa shape index (κ2) is 25.8. The molecule has 0 aliphatic carbocycles. The van der Waals surface area contributed by atoms with Crippen molar-refractivity contribution < 1.29 is 8.83 Å².